The molecule has 0 unspecified atom stereocenters. The molecular weight excluding hydrogens is 190 g/mol. The number of aromatic nitrogens is 4. The minimum Gasteiger partial charge on any atom is -0.352 e. The Kier molecular flexibility index (Phi) is 2.92. The topological polar surface area (TPSA) is 55.6 Å². The first-order chi connectivity index (χ1) is 7.34. The molecule has 78 valence electrons. The van der Waals surface area contributed by atoms with Gasteiger partial charge in [0, 0.05) is 25.1 Å². The summed E-state index contributed by atoms with van der Waals surface area (Å²) in [6.07, 6.45) is 7.29. The molecule has 0 spiro atoms. The molecule has 0 fully saturated rings. The molecule has 0 atom stereocenters. The molecule has 2 rings (SSSR count). The fraction of sp³-hybridized carbons (Fsp3) is 0.300. The minimum absolute atomic E-state index is 0.654. The van der Waals surface area contributed by atoms with E-state index in [1.54, 1.807) is 18.5 Å². The lowest BCUT2D eigenvalue weighted by Gasteiger charge is -2.03. The molecule has 15 heavy (non-hydrogen) atoms. The molecule has 0 aliphatic heterocycles. The van der Waals surface area contributed by atoms with Crippen LogP contribution in [-0.4, -0.2) is 26.3 Å². The SMILES string of the molecule is Cc1cnn(CCNc2ncccn2)c1. The van der Waals surface area contributed by atoms with E-state index in [1.807, 2.05) is 24.0 Å². The van der Waals surface area contributed by atoms with Gasteiger partial charge >= 0.3 is 0 Å². The van der Waals surface area contributed by atoms with Crippen molar-refractivity contribution < 1.29 is 0 Å². The van der Waals surface area contributed by atoms with Crippen molar-refractivity contribution in [1.29, 1.82) is 0 Å². The maximum absolute atomic E-state index is 4.18. The van der Waals surface area contributed by atoms with E-state index in [1.165, 1.54) is 5.56 Å². The van der Waals surface area contributed by atoms with Gasteiger partial charge in [-0.15, -0.1) is 0 Å². The summed E-state index contributed by atoms with van der Waals surface area (Å²) in [5, 5.41) is 7.30. The van der Waals surface area contributed by atoms with Gasteiger partial charge in [-0.1, -0.05) is 0 Å². The van der Waals surface area contributed by atoms with Crippen LogP contribution >= 0.6 is 0 Å². The van der Waals surface area contributed by atoms with Crippen molar-refractivity contribution in [1.82, 2.24) is 19.7 Å². The first kappa shape index (κ1) is 9.64. The number of nitrogens with one attached hydrogen (secondary N) is 1. The van der Waals surface area contributed by atoms with Crippen LogP contribution in [0.25, 0.3) is 0 Å². The highest BCUT2D eigenvalue weighted by Gasteiger charge is 1.95. The highest BCUT2D eigenvalue weighted by atomic mass is 15.3. The van der Waals surface area contributed by atoms with Gasteiger partial charge in [-0.3, -0.25) is 4.68 Å². The average molecular weight is 203 g/mol. The third-order valence-corrected chi connectivity index (χ3v) is 1.95. The zero-order valence-electron chi connectivity index (χ0n) is 8.59. The van der Waals surface area contributed by atoms with Gasteiger partial charge in [0.2, 0.25) is 5.95 Å². The number of hydrogen-bond donors (Lipinski definition) is 1. The van der Waals surface area contributed by atoms with Crippen LogP contribution in [0.15, 0.2) is 30.9 Å². The molecule has 0 aliphatic rings. The highest BCUT2D eigenvalue weighted by Crippen LogP contribution is 1.96. The van der Waals surface area contributed by atoms with Gasteiger partial charge in [0.1, 0.15) is 0 Å². The Morgan fingerprint density at radius 1 is 1.33 bits per heavy atom. The molecule has 0 aliphatic carbocycles. The van der Waals surface area contributed by atoms with Gasteiger partial charge < -0.3 is 5.32 Å². The van der Waals surface area contributed by atoms with Crippen LogP contribution < -0.4 is 5.32 Å². The summed E-state index contributed by atoms with van der Waals surface area (Å²) in [5.41, 5.74) is 1.17. The van der Waals surface area contributed by atoms with Crippen molar-refractivity contribution >= 4 is 5.95 Å². The van der Waals surface area contributed by atoms with Crippen LogP contribution in [0, 0.1) is 6.92 Å². The van der Waals surface area contributed by atoms with E-state index in [0.717, 1.165) is 13.1 Å². The van der Waals surface area contributed by atoms with Gasteiger partial charge in [0.05, 0.1) is 12.7 Å². The molecule has 5 heteroatoms. The van der Waals surface area contributed by atoms with E-state index in [9.17, 15) is 0 Å². The largest absolute Gasteiger partial charge is 0.352 e. The highest BCUT2D eigenvalue weighted by molar-refractivity contribution is 5.21. The Morgan fingerprint density at radius 2 is 2.13 bits per heavy atom. The molecule has 0 bridgehead atoms. The molecule has 5 nitrogen and oxygen atoms in total. The van der Waals surface area contributed by atoms with Crippen LogP contribution in [0.3, 0.4) is 0 Å². The van der Waals surface area contributed by atoms with Crippen LogP contribution in [0.5, 0.6) is 0 Å². The van der Waals surface area contributed by atoms with Gasteiger partial charge in [-0.25, -0.2) is 9.97 Å². The zero-order chi connectivity index (χ0) is 10.5. The van der Waals surface area contributed by atoms with Crippen molar-refractivity contribution in [3.8, 4) is 0 Å². The Morgan fingerprint density at radius 3 is 2.80 bits per heavy atom. The maximum Gasteiger partial charge on any atom is 0.222 e. The van der Waals surface area contributed by atoms with Crippen LogP contribution in [-0.2, 0) is 6.54 Å². The Hall–Kier alpha value is -1.91. The standard InChI is InChI=1S/C10H13N5/c1-9-7-14-15(8-9)6-5-13-10-11-3-2-4-12-10/h2-4,7-8H,5-6H2,1H3,(H,11,12,13). The molecule has 2 aromatic heterocycles. The second kappa shape index (κ2) is 4.54. The molecule has 2 heterocycles. The molecule has 0 saturated carbocycles. The van der Waals surface area contributed by atoms with E-state index < -0.39 is 0 Å². The van der Waals surface area contributed by atoms with Crippen molar-refractivity contribution in [2.75, 3.05) is 11.9 Å². The predicted molar refractivity (Wildman–Crippen MR) is 57.5 cm³/mol. The summed E-state index contributed by atoms with van der Waals surface area (Å²) in [5.74, 6) is 0.654. The summed E-state index contributed by atoms with van der Waals surface area (Å²) < 4.78 is 1.89. The molecular formula is C10H13N5. The Labute approximate surface area is 88.2 Å². The van der Waals surface area contributed by atoms with Gasteiger partial charge in [-0.2, -0.15) is 5.10 Å². The number of hydrogen-bond acceptors (Lipinski definition) is 4. The van der Waals surface area contributed by atoms with Gasteiger partial charge in [0.25, 0.3) is 0 Å². The first-order valence-corrected chi connectivity index (χ1v) is 4.84. The normalized spacial score (nSPS) is 10.2. The third kappa shape index (κ3) is 2.77. The third-order valence-electron chi connectivity index (χ3n) is 1.95. The lowest BCUT2D eigenvalue weighted by molar-refractivity contribution is 0.635. The second-order valence-corrected chi connectivity index (χ2v) is 3.28. The Balaban J connectivity index is 1.80. The molecule has 2 aromatic rings. The minimum atomic E-state index is 0.654. The summed E-state index contributed by atoms with van der Waals surface area (Å²) in [7, 11) is 0. The monoisotopic (exact) mass is 203 g/mol. The van der Waals surface area contributed by atoms with Crippen molar-refractivity contribution in [3.63, 3.8) is 0 Å². The predicted octanol–water partition coefficient (Wildman–Crippen LogP) is 1.09. The number of aryl methyl sites for hydroxylation is 1. The molecule has 1 N–H and O–H groups in total. The quantitative estimate of drug-likeness (QED) is 0.808. The summed E-state index contributed by atoms with van der Waals surface area (Å²) in [6.45, 7) is 3.61. The smallest absolute Gasteiger partial charge is 0.222 e. The van der Waals surface area contributed by atoms with Crippen molar-refractivity contribution in [3.05, 3.63) is 36.4 Å². The van der Waals surface area contributed by atoms with E-state index >= 15 is 0 Å². The van der Waals surface area contributed by atoms with Crippen LogP contribution in [0.4, 0.5) is 5.95 Å². The van der Waals surface area contributed by atoms with Crippen LogP contribution in [0.1, 0.15) is 5.56 Å². The molecule has 0 aromatic carbocycles. The summed E-state index contributed by atoms with van der Waals surface area (Å²) >= 11 is 0. The summed E-state index contributed by atoms with van der Waals surface area (Å²) in [6, 6.07) is 1.79. The van der Waals surface area contributed by atoms with Gasteiger partial charge in [0.15, 0.2) is 0 Å². The zero-order valence-corrected chi connectivity index (χ0v) is 8.59. The number of anilines is 1. The molecule has 0 amide bonds. The number of nitrogens with zero attached hydrogens (tertiary/aromatic N) is 4. The molecule has 0 saturated heterocycles. The molecule has 0 radical (unpaired) electrons. The van der Waals surface area contributed by atoms with Crippen molar-refractivity contribution in [2.24, 2.45) is 0 Å². The first-order valence-electron chi connectivity index (χ1n) is 4.84. The summed E-state index contributed by atoms with van der Waals surface area (Å²) in [4.78, 5) is 8.13. The van der Waals surface area contributed by atoms with E-state index in [-0.39, 0.29) is 0 Å². The lowest BCUT2D eigenvalue weighted by Crippen LogP contribution is -2.12. The van der Waals surface area contributed by atoms with Gasteiger partial charge in [-0.05, 0) is 18.6 Å². The second-order valence-electron chi connectivity index (χ2n) is 3.28. The van der Waals surface area contributed by atoms with Crippen LogP contribution in [0.2, 0.25) is 0 Å². The van der Waals surface area contributed by atoms with E-state index in [0.29, 0.717) is 5.95 Å². The van der Waals surface area contributed by atoms with E-state index in [4.69, 9.17) is 0 Å². The average Bonchev–Trinajstić information content (AvgIpc) is 2.66. The maximum atomic E-state index is 4.18. The fourth-order valence-electron chi connectivity index (χ4n) is 1.26. The number of rotatable bonds is 4. The fourth-order valence-corrected chi connectivity index (χ4v) is 1.26. The lowest BCUT2D eigenvalue weighted by atomic mass is 10.4. The van der Waals surface area contributed by atoms with E-state index in [2.05, 4.69) is 20.4 Å². The Bertz CT molecular complexity index is 409. The van der Waals surface area contributed by atoms with Crippen molar-refractivity contribution in [2.45, 2.75) is 13.5 Å².